The summed E-state index contributed by atoms with van der Waals surface area (Å²) < 4.78 is 0. The van der Waals surface area contributed by atoms with Gasteiger partial charge in [-0.3, -0.25) is 4.79 Å². The van der Waals surface area contributed by atoms with Gasteiger partial charge in [-0.15, -0.1) is 12.4 Å². The van der Waals surface area contributed by atoms with Gasteiger partial charge in [0, 0.05) is 24.1 Å². The normalized spacial score (nSPS) is 20.1. The summed E-state index contributed by atoms with van der Waals surface area (Å²) in [6.45, 7) is 4.31. The molecular formula is C34H40Cl3N3O2. The molecule has 2 N–H and O–H groups in total. The summed E-state index contributed by atoms with van der Waals surface area (Å²) in [5.41, 5.74) is 2.69. The van der Waals surface area contributed by atoms with E-state index in [1.165, 1.54) is 5.56 Å². The number of benzene rings is 3. The van der Waals surface area contributed by atoms with E-state index >= 15 is 0 Å². The Kier molecular flexibility index (Phi) is 12.3. The Bertz CT molecular complexity index is 1340. The number of likely N-dealkylation sites (tertiary alicyclic amines) is 2. The standard InChI is InChI=1S/C34H37Cl2N3O.ClH.H2O/c35-30-14-13-29(23-31(30)36)34(16-8-20-39(26-34)32(40)28-11-5-2-6-12-28)15-7-19-38-21-17-33(25-37,18-22-38)24-27-9-3-1-4-10-27;;/h1-6,9-14,23H,7-8,15-22,24,26H2;1H;1H2. The number of halogens is 3. The van der Waals surface area contributed by atoms with E-state index in [2.05, 4.69) is 41.3 Å². The first-order valence-corrected chi connectivity index (χ1v) is 15.2. The van der Waals surface area contributed by atoms with Crippen LogP contribution in [0.1, 0.15) is 60.0 Å². The number of nitriles is 1. The van der Waals surface area contributed by atoms with E-state index in [4.69, 9.17) is 23.2 Å². The van der Waals surface area contributed by atoms with Crippen molar-refractivity contribution in [1.82, 2.24) is 9.80 Å². The third-order valence-electron chi connectivity index (χ3n) is 8.98. The number of amides is 1. The van der Waals surface area contributed by atoms with Gasteiger partial charge in [-0.25, -0.2) is 0 Å². The number of piperidine rings is 2. The van der Waals surface area contributed by atoms with Gasteiger partial charge < -0.3 is 15.3 Å². The molecule has 1 unspecified atom stereocenters. The molecule has 3 aromatic rings. The second kappa shape index (κ2) is 15.2. The largest absolute Gasteiger partial charge is 0.412 e. The van der Waals surface area contributed by atoms with Crippen LogP contribution in [0.15, 0.2) is 78.9 Å². The van der Waals surface area contributed by atoms with Gasteiger partial charge >= 0.3 is 0 Å². The first kappa shape index (κ1) is 33.9. The van der Waals surface area contributed by atoms with Crippen LogP contribution in [-0.4, -0.2) is 53.9 Å². The molecule has 0 aromatic heterocycles. The van der Waals surface area contributed by atoms with Crippen molar-refractivity contribution in [2.24, 2.45) is 5.41 Å². The van der Waals surface area contributed by atoms with Crippen LogP contribution in [0.2, 0.25) is 10.0 Å². The highest BCUT2D eigenvalue weighted by atomic mass is 35.5. The van der Waals surface area contributed by atoms with Gasteiger partial charge in [-0.2, -0.15) is 5.26 Å². The molecule has 8 heteroatoms. The van der Waals surface area contributed by atoms with Crippen molar-refractivity contribution >= 4 is 41.5 Å². The molecule has 5 nitrogen and oxygen atoms in total. The lowest BCUT2D eigenvalue weighted by atomic mass is 9.70. The highest BCUT2D eigenvalue weighted by Gasteiger charge is 2.39. The number of rotatable bonds is 8. The van der Waals surface area contributed by atoms with Crippen molar-refractivity contribution in [2.75, 3.05) is 32.7 Å². The molecule has 3 aromatic carbocycles. The number of carbonyl (C=O) groups excluding carboxylic acids is 1. The molecule has 0 bridgehead atoms. The fourth-order valence-corrected chi connectivity index (χ4v) is 6.94. The average molecular weight is 629 g/mol. The minimum atomic E-state index is -0.277. The van der Waals surface area contributed by atoms with Gasteiger partial charge in [0.2, 0.25) is 0 Å². The second-order valence-corrected chi connectivity index (χ2v) is 12.4. The molecule has 0 radical (unpaired) electrons. The quantitative estimate of drug-likeness (QED) is 0.261. The van der Waals surface area contributed by atoms with Crippen molar-refractivity contribution in [2.45, 2.75) is 50.4 Å². The van der Waals surface area contributed by atoms with Crippen LogP contribution in [-0.2, 0) is 11.8 Å². The monoisotopic (exact) mass is 627 g/mol. The van der Waals surface area contributed by atoms with E-state index in [0.29, 0.717) is 16.6 Å². The number of hydrogen-bond donors (Lipinski definition) is 0. The van der Waals surface area contributed by atoms with E-state index in [-0.39, 0.29) is 34.6 Å². The number of nitrogens with zero attached hydrogens (tertiary/aromatic N) is 3. The number of carbonyl (C=O) groups is 1. The summed E-state index contributed by atoms with van der Waals surface area (Å²) in [6.07, 6.45) is 6.57. The Morgan fingerprint density at radius 3 is 2.19 bits per heavy atom. The van der Waals surface area contributed by atoms with Gasteiger partial charge in [-0.05, 0) is 100.0 Å². The summed E-state index contributed by atoms with van der Waals surface area (Å²) in [5.74, 6) is 0.0898. The maximum atomic E-state index is 13.4. The fourth-order valence-electron chi connectivity index (χ4n) is 6.64. The third-order valence-corrected chi connectivity index (χ3v) is 9.72. The highest BCUT2D eigenvalue weighted by molar-refractivity contribution is 6.42. The molecule has 0 spiro atoms. The lowest BCUT2D eigenvalue weighted by Gasteiger charge is -2.44. The minimum Gasteiger partial charge on any atom is -0.412 e. The minimum absolute atomic E-state index is 0. The lowest BCUT2D eigenvalue weighted by Crippen LogP contribution is -2.49. The van der Waals surface area contributed by atoms with Crippen LogP contribution >= 0.6 is 35.6 Å². The van der Waals surface area contributed by atoms with E-state index in [1.807, 2.05) is 53.4 Å². The Morgan fingerprint density at radius 1 is 0.881 bits per heavy atom. The van der Waals surface area contributed by atoms with Crippen molar-refractivity contribution < 1.29 is 10.3 Å². The van der Waals surface area contributed by atoms with Crippen LogP contribution < -0.4 is 0 Å². The second-order valence-electron chi connectivity index (χ2n) is 11.6. The van der Waals surface area contributed by atoms with Crippen LogP contribution in [0.25, 0.3) is 0 Å². The molecule has 2 fully saturated rings. The molecule has 1 atom stereocenters. The maximum Gasteiger partial charge on any atom is 0.253 e. The molecule has 0 saturated carbocycles. The summed E-state index contributed by atoms with van der Waals surface area (Å²) in [4.78, 5) is 18.0. The van der Waals surface area contributed by atoms with Crippen molar-refractivity contribution in [3.63, 3.8) is 0 Å². The molecule has 2 heterocycles. The molecule has 1 amide bonds. The van der Waals surface area contributed by atoms with Crippen LogP contribution in [0.3, 0.4) is 0 Å². The zero-order valence-electron chi connectivity index (χ0n) is 23.9. The third kappa shape index (κ3) is 7.86. The summed E-state index contributed by atoms with van der Waals surface area (Å²) in [6, 6.07) is 28.6. The Hall–Kier alpha value is -2.59. The Morgan fingerprint density at radius 2 is 1.55 bits per heavy atom. The van der Waals surface area contributed by atoms with Crippen molar-refractivity contribution in [3.05, 3.63) is 106 Å². The topological polar surface area (TPSA) is 78.8 Å². The summed E-state index contributed by atoms with van der Waals surface area (Å²) >= 11 is 12.8. The van der Waals surface area contributed by atoms with Gasteiger partial charge in [0.1, 0.15) is 0 Å². The fraction of sp³-hybridized carbons (Fsp3) is 0.412. The molecule has 42 heavy (non-hydrogen) atoms. The van der Waals surface area contributed by atoms with E-state index in [9.17, 15) is 10.1 Å². The smallest absolute Gasteiger partial charge is 0.253 e. The van der Waals surface area contributed by atoms with E-state index in [1.54, 1.807) is 0 Å². The summed E-state index contributed by atoms with van der Waals surface area (Å²) in [5, 5.41) is 11.2. The predicted octanol–water partition coefficient (Wildman–Crippen LogP) is 7.39. The Balaban J connectivity index is 0.00000242. The van der Waals surface area contributed by atoms with Gasteiger partial charge in [0.15, 0.2) is 0 Å². The average Bonchev–Trinajstić information content (AvgIpc) is 3.00. The van der Waals surface area contributed by atoms with Gasteiger partial charge in [0.05, 0.1) is 21.5 Å². The Labute approximate surface area is 266 Å². The maximum absolute atomic E-state index is 13.4. The zero-order valence-corrected chi connectivity index (χ0v) is 26.2. The number of hydrogen-bond acceptors (Lipinski definition) is 3. The lowest BCUT2D eigenvalue weighted by molar-refractivity contribution is 0.0616. The molecule has 2 aliphatic rings. The predicted molar refractivity (Wildman–Crippen MR) is 174 cm³/mol. The van der Waals surface area contributed by atoms with E-state index in [0.717, 1.165) is 82.3 Å². The first-order chi connectivity index (χ1) is 19.4. The van der Waals surface area contributed by atoms with Crippen LogP contribution in [0.4, 0.5) is 0 Å². The molecule has 2 aliphatic heterocycles. The van der Waals surface area contributed by atoms with Crippen molar-refractivity contribution in [1.29, 1.82) is 5.26 Å². The molecule has 224 valence electrons. The van der Waals surface area contributed by atoms with E-state index < -0.39 is 0 Å². The molecule has 2 saturated heterocycles. The first-order valence-electron chi connectivity index (χ1n) is 14.4. The molecule has 0 aliphatic carbocycles. The summed E-state index contributed by atoms with van der Waals surface area (Å²) in [7, 11) is 0. The highest BCUT2D eigenvalue weighted by Crippen LogP contribution is 2.41. The SMILES string of the molecule is Cl.N#CC1(Cc2ccccc2)CCN(CCCC2(c3ccc(Cl)c(Cl)c3)CCCN(C(=O)c3ccccc3)C2)CC1.O. The van der Waals surface area contributed by atoms with Gasteiger partial charge in [0.25, 0.3) is 5.91 Å². The van der Waals surface area contributed by atoms with Crippen LogP contribution in [0, 0.1) is 16.7 Å². The molecular weight excluding hydrogens is 589 g/mol. The van der Waals surface area contributed by atoms with Crippen LogP contribution in [0.5, 0.6) is 0 Å². The van der Waals surface area contributed by atoms with Gasteiger partial charge in [-0.1, -0.05) is 77.8 Å². The molecule has 5 rings (SSSR count). The zero-order chi connectivity index (χ0) is 28.0. The van der Waals surface area contributed by atoms with Crippen molar-refractivity contribution in [3.8, 4) is 6.07 Å².